The summed E-state index contributed by atoms with van der Waals surface area (Å²) in [6, 6.07) is 13.6. The Morgan fingerprint density at radius 2 is 1.85 bits per heavy atom. The number of fused-ring (bicyclic) bond motifs is 1. The van der Waals surface area contributed by atoms with Crippen molar-refractivity contribution < 1.29 is 14.3 Å². The Morgan fingerprint density at radius 3 is 2.58 bits per heavy atom. The largest absolute Gasteiger partial charge is 0.497 e. The summed E-state index contributed by atoms with van der Waals surface area (Å²) in [7, 11) is 3.15. The van der Waals surface area contributed by atoms with E-state index in [0.717, 1.165) is 5.56 Å². The van der Waals surface area contributed by atoms with E-state index in [0.29, 0.717) is 28.0 Å². The monoisotopic (exact) mass is 352 g/mol. The number of ether oxygens (including phenoxy) is 2. The molecular formula is C20H20N2O4. The molecule has 1 amide bonds. The lowest BCUT2D eigenvalue weighted by molar-refractivity contribution is 0.0941. The number of benzene rings is 2. The number of para-hydroxylation sites is 1. The molecule has 0 bridgehead atoms. The lowest BCUT2D eigenvalue weighted by Crippen LogP contribution is -2.28. The first-order valence-corrected chi connectivity index (χ1v) is 8.18. The molecule has 0 fully saturated rings. The van der Waals surface area contributed by atoms with Crippen LogP contribution in [0.2, 0.25) is 0 Å². The van der Waals surface area contributed by atoms with Crippen LogP contribution in [0.3, 0.4) is 0 Å². The van der Waals surface area contributed by atoms with Crippen molar-refractivity contribution in [3.63, 3.8) is 0 Å². The van der Waals surface area contributed by atoms with Gasteiger partial charge in [-0.3, -0.25) is 9.59 Å². The molecule has 26 heavy (non-hydrogen) atoms. The number of aromatic nitrogens is 1. The molecule has 0 unspecified atom stereocenters. The number of aromatic amines is 1. The van der Waals surface area contributed by atoms with Gasteiger partial charge in [0.2, 0.25) is 5.56 Å². The molecule has 0 aliphatic heterocycles. The number of H-pyrrole nitrogens is 1. The van der Waals surface area contributed by atoms with E-state index in [2.05, 4.69) is 10.3 Å². The molecule has 6 heteroatoms. The smallest absolute Gasteiger partial charge is 0.252 e. The van der Waals surface area contributed by atoms with Gasteiger partial charge in [0.05, 0.1) is 25.8 Å². The van der Waals surface area contributed by atoms with Gasteiger partial charge in [0.25, 0.3) is 5.91 Å². The Hall–Kier alpha value is -3.28. The van der Waals surface area contributed by atoms with Crippen molar-refractivity contribution >= 4 is 16.8 Å². The first-order valence-electron chi connectivity index (χ1n) is 8.18. The van der Waals surface area contributed by atoms with Gasteiger partial charge >= 0.3 is 0 Å². The minimum atomic E-state index is -0.342. The molecule has 2 N–H and O–H groups in total. The minimum absolute atomic E-state index is 0.319. The fourth-order valence-electron chi connectivity index (χ4n) is 2.92. The molecular weight excluding hydrogens is 332 g/mol. The minimum Gasteiger partial charge on any atom is -0.497 e. The Balaban J connectivity index is 1.95. The second-order valence-electron chi connectivity index (χ2n) is 5.90. The Morgan fingerprint density at radius 1 is 1.08 bits per heavy atom. The molecule has 1 atom stereocenters. The van der Waals surface area contributed by atoms with Crippen molar-refractivity contribution in [3.8, 4) is 11.5 Å². The van der Waals surface area contributed by atoms with Gasteiger partial charge in [0.15, 0.2) is 0 Å². The molecule has 0 aliphatic rings. The van der Waals surface area contributed by atoms with Crippen molar-refractivity contribution in [3.05, 3.63) is 70.0 Å². The van der Waals surface area contributed by atoms with Crippen molar-refractivity contribution in [2.24, 2.45) is 0 Å². The van der Waals surface area contributed by atoms with Crippen molar-refractivity contribution in [2.75, 3.05) is 14.2 Å². The highest BCUT2D eigenvalue weighted by Gasteiger charge is 2.18. The van der Waals surface area contributed by atoms with E-state index in [4.69, 9.17) is 9.47 Å². The SMILES string of the molecule is COc1ccc(OC)c([C@@H](C)NC(=O)c2cc(=O)[nH]c3ccccc23)c1. The number of nitrogens with one attached hydrogen (secondary N) is 2. The molecule has 3 aromatic rings. The summed E-state index contributed by atoms with van der Waals surface area (Å²) in [5.74, 6) is 0.988. The van der Waals surface area contributed by atoms with E-state index in [1.807, 2.05) is 25.1 Å². The van der Waals surface area contributed by atoms with Crippen molar-refractivity contribution in [1.82, 2.24) is 10.3 Å². The van der Waals surface area contributed by atoms with E-state index >= 15 is 0 Å². The van der Waals surface area contributed by atoms with Crippen LogP contribution in [0, 0.1) is 0 Å². The third-order valence-electron chi connectivity index (χ3n) is 4.25. The number of pyridine rings is 1. The summed E-state index contributed by atoms with van der Waals surface area (Å²) < 4.78 is 10.6. The topological polar surface area (TPSA) is 80.4 Å². The highest BCUT2D eigenvalue weighted by atomic mass is 16.5. The third kappa shape index (κ3) is 3.39. The number of carbonyl (C=O) groups excluding carboxylic acids is 1. The van der Waals surface area contributed by atoms with Gasteiger partial charge in [-0.15, -0.1) is 0 Å². The number of amides is 1. The van der Waals surface area contributed by atoms with Crippen LogP contribution in [0.1, 0.15) is 28.9 Å². The van der Waals surface area contributed by atoms with Gasteiger partial charge < -0.3 is 19.8 Å². The zero-order chi connectivity index (χ0) is 18.7. The van der Waals surface area contributed by atoms with Gasteiger partial charge in [0.1, 0.15) is 11.5 Å². The van der Waals surface area contributed by atoms with Crippen molar-refractivity contribution in [2.45, 2.75) is 13.0 Å². The number of rotatable bonds is 5. The average molecular weight is 352 g/mol. The van der Waals surface area contributed by atoms with Crippen molar-refractivity contribution in [1.29, 1.82) is 0 Å². The summed E-state index contributed by atoms with van der Waals surface area (Å²) in [6.07, 6.45) is 0. The second-order valence-corrected chi connectivity index (χ2v) is 5.90. The molecule has 0 saturated heterocycles. The van der Waals surface area contributed by atoms with Gasteiger partial charge in [-0.05, 0) is 31.2 Å². The highest BCUT2D eigenvalue weighted by Crippen LogP contribution is 2.29. The Bertz CT molecular complexity index is 1010. The summed E-state index contributed by atoms with van der Waals surface area (Å²) >= 11 is 0. The van der Waals surface area contributed by atoms with E-state index in [-0.39, 0.29) is 17.5 Å². The normalized spacial score (nSPS) is 11.8. The van der Waals surface area contributed by atoms with Crippen LogP contribution in [-0.4, -0.2) is 25.1 Å². The van der Waals surface area contributed by atoms with E-state index in [1.165, 1.54) is 6.07 Å². The maximum absolute atomic E-state index is 12.8. The number of hydrogen-bond acceptors (Lipinski definition) is 4. The highest BCUT2D eigenvalue weighted by molar-refractivity contribution is 6.06. The molecule has 0 radical (unpaired) electrons. The standard InChI is InChI=1S/C20H20N2O4/c1-12(15-10-13(25-2)8-9-18(15)26-3)21-20(24)16-11-19(23)22-17-7-5-4-6-14(16)17/h4-12H,1-3H3,(H,21,24)(H,22,23)/t12-/m1/s1. The van der Waals surface area contributed by atoms with Gasteiger partial charge in [-0.25, -0.2) is 0 Å². The molecule has 0 spiro atoms. The molecule has 3 rings (SSSR count). The first kappa shape index (κ1) is 17.5. The maximum Gasteiger partial charge on any atom is 0.252 e. The first-order chi connectivity index (χ1) is 12.5. The number of hydrogen-bond donors (Lipinski definition) is 2. The van der Waals surface area contributed by atoms with Crippen LogP contribution in [0.4, 0.5) is 0 Å². The zero-order valence-corrected chi connectivity index (χ0v) is 14.8. The number of carbonyl (C=O) groups is 1. The predicted octanol–water partition coefficient (Wildman–Crippen LogP) is 3.04. The molecule has 1 aromatic heterocycles. The van der Waals surface area contributed by atoms with Crippen LogP contribution in [-0.2, 0) is 0 Å². The van der Waals surface area contributed by atoms with Crippen LogP contribution in [0.15, 0.2) is 53.3 Å². The van der Waals surface area contributed by atoms with Gasteiger partial charge in [-0.1, -0.05) is 18.2 Å². The average Bonchev–Trinajstić information content (AvgIpc) is 2.66. The van der Waals surface area contributed by atoms with Gasteiger partial charge in [-0.2, -0.15) is 0 Å². The molecule has 2 aromatic carbocycles. The van der Waals surface area contributed by atoms with Crippen LogP contribution in [0.5, 0.6) is 11.5 Å². The fourth-order valence-corrected chi connectivity index (χ4v) is 2.92. The Kier molecular flexibility index (Phi) is 4.93. The van der Waals surface area contributed by atoms with E-state index in [1.54, 1.807) is 38.5 Å². The zero-order valence-electron chi connectivity index (χ0n) is 14.8. The lowest BCUT2D eigenvalue weighted by Gasteiger charge is -2.18. The van der Waals surface area contributed by atoms with Crippen LogP contribution >= 0.6 is 0 Å². The molecule has 6 nitrogen and oxygen atoms in total. The molecule has 134 valence electrons. The molecule has 1 heterocycles. The van der Waals surface area contributed by atoms with E-state index < -0.39 is 0 Å². The summed E-state index contributed by atoms with van der Waals surface area (Å²) in [4.78, 5) is 27.4. The number of methoxy groups -OCH3 is 2. The van der Waals surface area contributed by atoms with Crippen LogP contribution in [0.25, 0.3) is 10.9 Å². The van der Waals surface area contributed by atoms with E-state index in [9.17, 15) is 9.59 Å². The lowest BCUT2D eigenvalue weighted by atomic mass is 10.0. The predicted molar refractivity (Wildman–Crippen MR) is 100.0 cm³/mol. The summed E-state index contributed by atoms with van der Waals surface area (Å²) in [6.45, 7) is 1.85. The third-order valence-corrected chi connectivity index (χ3v) is 4.25. The van der Waals surface area contributed by atoms with Gasteiger partial charge in [0, 0.05) is 22.5 Å². The summed E-state index contributed by atoms with van der Waals surface area (Å²) in [5.41, 5.74) is 1.42. The maximum atomic E-state index is 12.8. The van der Waals surface area contributed by atoms with Crippen LogP contribution < -0.4 is 20.3 Å². The quantitative estimate of drug-likeness (QED) is 0.740. The Labute approximate surface area is 150 Å². The fraction of sp³-hybridized carbons (Fsp3) is 0.200. The molecule has 0 aliphatic carbocycles. The molecule has 0 saturated carbocycles. The second kappa shape index (κ2) is 7.31. The summed E-state index contributed by atoms with van der Waals surface area (Å²) in [5, 5.41) is 3.62.